The Kier molecular flexibility index (Phi) is 5.84. The van der Waals surface area contributed by atoms with Crippen LogP contribution in [0.25, 0.3) is 0 Å². The minimum atomic E-state index is -0.813. The molecule has 0 aromatic heterocycles. The molecule has 2 unspecified atom stereocenters. The van der Waals surface area contributed by atoms with Gasteiger partial charge in [0.2, 0.25) is 5.91 Å². The van der Waals surface area contributed by atoms with E-state index in [1.165, 1.54) is 5.56 Å². The van der Waals surface area contributed by atoms with Crippen LogP contribution in [0.5, 0.6) is 5.75 Å². The van der Waals surface area contributed by atoms with Crippen molar-refractivity contribution in [3.63, 3.8) is 0 Å². The van der Waals surface area contributed by atoms with Crippen LogP contribution in [0.2, 0.25) is 0 Å². The summed E-state index contributed by atoms with van der Waals surface area (Å²) in [5.74, 6) is 1.29. The van der Waals surface area contributed by atoms with Gasteiger partial charge in [-0.1, -0.05) is 26.0 Å². The molecule has 1 saturated heterocycles. The summed E-state index contributed by atoms with van der Waals surface area (Å²) in [6, 6.07) is 10.4. The van der Waals surface area contributed by atoms with Crippen molar-refractivity contribution >= 4 is 5.91 Å². The number of ether oxygens (including phenoxy) is 1. The first-order chi connectivity index (χ1) is 11.4. The molecular weight excluding hydrogens is 302 g/mol. The molecule has 2 atom stereocenters. The number of benzene rings is 1. The number of carbonyl (C=O) groups is 1. The van der Waals surface area contributed by atoms with Crippen LogP contribution in [0.1, 0.15) is 38.7 Å². The lowest BCUT2D eigenvalue weighted by Gasteiger charge is -2.28. The number of rotatable bonds is 6. The van der Waals surface area contributed by atoms with Crippen molar-refractivity contribution in [3.05, 3.63) is 29.8 Å². The van der Waals surface area contributed by atoms with Crippen LogP contribution in [0.3, 0.4) is 0 Å². The maximum Gasteiger partial charge on any atom is 0.235 e. The second-order valence-corrected chi connectivity index (χ2v) is 7.01. The third kappa shape index (κ3) is 4.27. The van der Waals surface area contributed by atoms with Gasteiger partial charge in [-0.3, -0.25) is 9.69 Å². The number of hydrogen-bond acceptors (Lipinski definition) is 4. The Labute approximate surface area is 144 Å². The Hall–Kier alpha value is -2.06. The van der Waals surface area contributed by atoms with E-state index in [-0.39, 0.29) is 11.8 Å². The van der Waals surface area contributed by atoms with Crippen LogP contribution >= 0.6 is 0 Å². The Bertz CT molecular complexity index is 606. The first-order valence-corrected chi connectivity index (χ1v) is 8.46. The summed E-state index contributed by atoms with van der Waals surface area (Å²) in [7, 11) is 1.66. The largest absolute Gasteiger partial charge is 0.497 e. The molecule has 1 N–H and O–H groups in total. The third-order valence-electron chi connectivity index (χ3n) is 5.01. The summed E-state index contributed by atoms with van der Waals surface area (Å²) in [5.41, 5.74) is 0.467. The topological polar surface area (TPSA) is 65.4 Å². The number of amides is 1. The van der Waals surface area contributed by atoms with Crippen LogP contribution in [-0.4, -0.2) is 43.1 Å². The van der Waals surface area contributed by atoms with Gasteiger partial charge < -0.3 is 10.1 Å². The summed E-state index contributed by atoms with van der Waals surface area (Å²) in [5, 5.41) is 12.2. The maximum absolute atomic E-state index is 12.3. The molecule has 0 saturated carbocycles. The first kappa shape index (κ1) is 18.3. The van der Waals surface area contributed by atoms with Crippen molar-refractivity contribution in [1.82, 2.24) is 10.2 Å². The van der Waals surface area contributed by atoms with E-state index in [2.05, 4.69) is 28.4 Å². The average Bonchev–Trinajstić information content (AvgIpc) is 3.02. The second-order valence-electron chi connectivity index (χ2n) is 7.01. The molecule has 24 heavy (non-hydrogen) atoms. The molecular formula is C19H27N3O2. The van der Waals surface area contributed by atoms with Gasteiger partial charge >= 0.3 is 0 Å². The zero-order valence-electron chi connectivity index (χ0n) is 15.0. The van der Waals surface area contributed by atoms with E-state index in [4.69, 9.17) is 4.74 Å². The fourth-order valence-electron chi connectivity index (χ4n) is 2.96. The molecule has 0 aliphatic carbocycles. The summed E-state index contributed by atoms with van der Waals surface area (Å²) in [6.45, 7) is 7.77. The lowest BCUT2D eigenvalue weighted by Crippen LogP contribution is -2.51. The van der Waals surface area contributed by atoms with E-state index in [0.29, 0.717) is 12.5 Å². The fourth-order valence-corrected chi connectivity index (χ4v) is 2.96. The van der Waals surface area contributed by atoms with Crippen LogP contribution in [0.15, 0.2) is 24.3 Å². The van der Waals surface area contributed by atoms with Gasteiger partial charge in [-0.15, -0.1) is 0 Å². The molecule has 1 fully saturated rings. The summed E-state index contributed by atoms with van der Waals surface area (Å²) >= 11 is 0. The molecule has 0 radical (unpaired) electrons. The quantitative estimate of drug-likeness (QED) is 0.871. The van der Waals surface area contributed by atoms with Gasteiger partial charge in [0, 0.05) is 6.54 Å². The lowest BCUT2D eigenvalue weighted by molar-refractivity contribution is -0.123. The molecule has 2 rings (SSSR count). The van der Waals surface area contributed by atoms with Crippen molar-refractivity contribution in [2.75, 3.05) is 26.7 Å². The Morgan fingerprint density at radius 1 is 1.46 bits per heavy atom. The number of nitrogens with zero attached hydrogens (tertiary/aromatic N) is 2. The van der Waals surface area contributed by atoms with Gasteiger partial charge in [-0.05, 0) is 49.4 Å². The van der Waals surface area contributed by atoms with Crippen molar-refractivity contribution in [3.8, 4) is 11.8 Å². The SMILES string of the molecule is COc1ccc(C2CCN(CC(=O)NC(C)(C#N)C(C)C)C2)cc1. The summed E-state index contributed by atoms with van der Waals surface area (Å²) in [6.07, 6.45) is 1.04. The number of nitrogens with one attached hydrogen (secondary N) is 1. The molecule has 1 aliphatic rings. The van der Waals surface area contributed by atoms with Crippen LogP contribution in [0.4, 0.5) is 0 Å². The highest BCUT2D eigenvalue weighted by atomic mass is 16.5. The molecule has 0 bridgehead atoms. The van der Waals surface area contributed by atoms with Crippen molar-refractivity contribution in [2.45, 2.75) is 38.6 Å². The van der Waals surface area contributed by atoms with Crippen LogP contribution < -0.4 is 10.1 Å². The van der Waals surface area contributed by atoms with E-state index in [1.807, 2.05) is 26.0 Å². The molecule has 5 heteroatoms. The Morgan fingerprint density at radius 3 is 2.67 bits per heavy atom. The predicted octanol–water partition coefficient (Wildman–Crippen LogP) is 2.54. The third-order valence-corrected chi connectivity index (χ3v) is 5.01. The molecule has 1 aromatic rings. The second kappa shape index (κ2) is 7.67. The van der Waals surface area contributed by atoms with Gasteiger partial charge in [0.25, 0.3) is 0 Å². The number of nitriles is 1. The van der Waals surface area contributed by atoms with Crippen molar-refractivity contribution in [2.24, 2.45) is 5.92 Å². The maximum atomic E-state index is 12.3. The molecule has 1 aromatic carbocycles. The molecule has 1 aliphatic heterocycles. The van der Waals surface area contributed by atoms with Gasteiger partial charge in [0.1, 0.15) is 11.3 Å². The summed E-state index contributed by atoms with van der Waals surface area (Å²) in [4.78, 5) is 14.4. The standard InChI is InChI=1S/C19H27N3O2/c1-14(2)19(3,13-20)21-18(23)12-22-10-9-16(11-22)15-5-7-17(24-4)8-6-15/h5-8,14,16H,9-12H2,1-4H3,(H,21,23). The van der Waals surface area contributed by atoms with E-state index in [0.717, 1.165) is 25.3 Å². The normalized spacial score (nSPS) is 20.4. The van der Waals surface area contributed by atoms with Gasteiger partial charge in [0.15, 0.2) is 0 Å². The number of methoxy groups -OCH3 is 1. The van der Waals surface area contributed by atoms with E-state index in [1.54, 1.807) is 14.0 Å². The predicted molar refractivity (Wildman–Crippen MR) is 93.8 cm³/mol. The molecule has 1 amide bonds. The molecule has 130 valence electrons. The fraction of sp³-hybridized carbons (Fsp3) is 0.579. The highest BCUT2D eigenvalue weighted by Crippen LogP contribution is 2.28. The summed E-state index contributed by atoms with van der Waals surface area (Å²) < 4.78 is 5.19. The van der Waals surface area contributed by atoms with Crippen LogP contribution in [-0.2, 0) is 4.79 Å². The zero-order chi connectivity index (χ0) is 17.7. The minimum Gasteiger partial charge on any atom is -0.497 e. The van der Waals surface area contributed by atoms with Crippen molar-refractivity contribution in [1.29, 1.82) is 5.26 Å². The van der Waals surface area contributed by atoms with Gasteiger partial charge in [-0.25, -0.2) is 0 Å². The van der Waals surface area contributed by atoms with E-state index in [9.17, 15) is 10.1 Å². The zero-order valence-corrected chi connectivity index (χ0v) is 15.0. The van der Waals surface area contributed by atoms with E-state index >= 15 is 0 Å². The molecule has 5 nitrogen and oxygen atoms in total. The minimum absolute atomic E-state index is 0.0667. The van der Waals surface area contributed by atoms with Crippen LogP contribution in [0, 0.1) is 17.2 Å². The highest BCUT2D eigenvalue weighted by molar-refractivity contribution is 5.79. The smallest absolute Gasteiger partial charge is 0.235 e. The number of hydrogen-bond donors (Lipinski definition) is 1. The number of likely N-dealkylation sites (tertiary alicyclic amines) is 1. The highest BCUT2D eigenvalue weighted by Gasteiger charge is 2.31. The van der Waals surface area contributed by atoms with Gasteiger partial charge in [0.05, 0.1) is 19.7 Å². The Morgan fingerprint density at radius 2 is 2.12 bits per heavy atom. The molecule has 1 heterocycles. The van der Waals surface area contributed by atoms with Gasteiger partial charge in [-0.2, -0.15) is 5.26 Å². The lowest BCUT2D eigenvalue weighted by atomic mass is 9.90. The number of carbonyl (C=O) groups excluding carboxylic acids is 1. The average molecular weight is 329 g/mol. The van der Waals surface area contributed by atoms with Crippen molar-refractivity contribution < 1.29 is 9.53 Å². The molecule has 0 spiro atoms. The first-order valence-electron chi connectivity index (χ1n) is 8.46. The Balaban J connectivity index is 1.89. The van der Waals surface area contributed by atoms with E-state index < -0.39 is 5.54 Å². The monoisotopic (exact) mass is 329 g/mol.